The minimum Gasteiger partial charge on any atom is -0.455 e. The minimum atomic E-state index is -2.85. The van der Waals surface area contributed by atoms with Gasteiger partial charge >= 0.3 is 17.9 Å². The molecule has 2 N–H and O–H groups in total. The number of aliphatic hydroxyl groups excluding tert-OH is 1. The fraction of sp³-hybridized carbons (Fsp3) is 0.455. The number of β-lactam (4-membered cyclic amide) rings is 1. The zero-order valence-electron chi connectivity index (χ0n) is 41.6. The first kappa shape index (κ1) is 51.7. The van der Waals surface area contributed by atoms with Crippen LogP contribution < -0.4 is 5.19 Å². The highest BCUT2D eigenvalue weighted by Crippen LogP contribution is 2.65. The molecule has 2 saturated carbocycles. The van der Waals surface area contributed by atoms with Gasteiger partial charge in [-0.3, -0.25) is 28.9 Å². The molecule has 5 aliphatic rings. The number of likely N-dealkylation sites (tertiary alicyclic amines) is 1. The summed E-state index contributed by atoms with van der Waals surface area (Å²) < 4.78 is 32.1. The molecule has 2 saturated heterocycles. The summed E-state index contributed by atoms with van der Waals surface area (Å²) in [6, 6.07) is 30.7. The molecule has 14 nitrogen and oxygen atoms in total. The second-order valence-corrected chi connectivity index (χ2v) is 25.4. The number of fused-ring (bicyclic) bond motifs is 5. The lowest BCUT2D eigenvalue weighted by Crippen LogP contribution is -2.82. The number of aliphatic hydroxyl groups is 2. The van der Waals surface area contributed by atoms with Crippen LogP contribution in [-0.2, 0) is 42.6 Å². The SMILES string of the molecule is CCC(=O)O[C@H]1C(=O)[C@@]2(C)C([C@H](OC(=O)c3ccccc3)[C@]3(O)C[C@H](O)C(C)=C1C3(C)C)[C@]1(OC(C)=O)CO[C@@H]1C[C@@H]2O[Si](C)(C)c1ccccc1.C[C@H]1C(=O)N(C(=O)c2ccccc2)[C@H]1c1cccs1. The summed E-state index contributed by atoms with van der Waals surface area (Å²) in [5, 5.41) is 27.9. The van der Waals surface area contributed by atoms with Crippen LogP contribution in [0.15, 0.2) is 120 Å². The van der Waals surface area contributed by atoms with E-state index >= 15 is 4.79 Å². The smallest absolute Gasteiger partial charge is 0.338 e. The van der Waals surface area contributed by atoms with Crippen LogP contribution in [0.5, 0.6) is 0 Å². The van der Waals surface area contributed by atoms with Gasteiger partial charge in [0.1, 0.15) is 17.8 Å². The molecule has 9 rings (SSSR count). The summed E-state index contributed by atoms with van der Waals surface area (Å²) >= 11 is 1.58. The van der Waals surface area contributed by atoms with Gasteiger partial charge in [0.2, 0.25) is 14.2 Å². The summed E-state index contributed by atoms with van der Waals surface area (Å²) in [5.41, 5.74) is -5.47. The van der Waals surface area contributed by atoms with Gasteiger partial charge in [0.15, 0.2) is 17.5 Å². The van der Waals surface area contributed by atoms with Gasteiger partial charge in [-0.25, -0.2) is 4.79 Å². The van der Waals surface area contributed by atoms with Crippen molar-refractivity contribution in [1.82, 2.24) is 4.90 Å². The number of Topliss-reactive ketones (excluding diaryl/α,β-unsaturated/α-hetero) is 1. The summed E-state index contributed by atoms with van der Waals surface area (Å²) in [5.74, 6) is -4.37. The molecule has 3 aliphatic carbocycles. The lowest BCUT2D eigenvalue weighted by molar-refractivity contribution is -0.344. The van der Waals surface area contributed by atoms with Gasteiger partial charge in [-0.2, -0.15) is 0 Å². The molecule has 16 heteroatoms. The monoisotopic (exact) mass is 1010 g/mol. The number of imide groups is 1. The molecule has 1 unspecified atom stereocenters. The molecular weight excluding hydrogens is 943 g/mol. The number of carbonyl (C=O) groups excluding carboxylic acids is 6. The van der Waals surface area contributed by atoms with Crippen molar-refractivity contribution in [2.75, 3.05) is 6.61 Å². The zero-order valence-corrected chi connectivity index (χ0v) is 43.4. The van der Waals surface area contributed by atoms with E-state index in [0.717, 1.165) is 10.1 Å². The summed E-state index contributed by atoms with van der Waals surface area (Å²) in [6.07, 6.45) is -6.39. The number of ketones is 1. The third kappa shape index (κ3) is 8.73. The van der Waals surface area contributed by atoms with Crippen LogP contribution in [0, 0.1) is 22.7 Å². The molecule has 0 spiro atoms. The topological polar surface area (TPSA) is 192 Å². The van der Waals surface area contributed by atoms with Crippen LogP contribution in [0.1, 0.15) is 99.4 Å². The number of nitrogens with zero attached hydrogens (tertiary/aromatic N) is 1. The number of thiophene rings is 1. The summed E-state index contributed by atoms with van der Waals surface area (Å²) in [4.78, 5) is 83.1. The Bertz CT molecular complexity index is 2710. The van der Waals surface area contributed by atoms with E-state index in [1.807, 2.05) is 73.9 Å². The Balaban J connectivity index is 0.000000295. The molecule has 1 aromatic heterocycles. The van der Waals surface area contributed by atoms with Crippen molar-refractivity contribution >= 4 is 60.3 Å². The number of carbonyl (C=O) groups is 6. The number of rotatable bonds is 10. The first-order valence-corrected chi connectivity index (χ1v) is 28.0. The molecule has 2 amide bonds. The Hall–Kier alpha value is -5.62. The first-order valence-electron chi connectivity index (χ1n) is 24.2. The fourth-order valence-electron chi connectivity index (χ4n) is 11.8. The van der Waals surface area contributed by atoms with Crippen molar-refractivity contribution in [1.29, 1.82) is 0 Å². The Morgan fingerprint density at radius 2 is 1.48 bits per heavy atom. The standard InChI is InChI=1S/C40H50O11Si.C15H13NO2S/c1-9-30(43)48-32-31-23(2)27(42)21-40(46,37(31,4)5)35(49-36(45)25-16-12-10-13-17-25)33-38(6,34(32)44)28(20-29-39(33,22-47-29)50-24(3)41)51-52(7,8)26-18-14-11-15-19-26;1-10-13(12-8-5-9-19-12)16(14(10)17)15(18)11-6-3-2-4-7-11/h10-19,27-29,32-33,35,42,46H,9,20-22H2,1-8H3;2-10,13H,1H3/t27-,28-,29+,32+,33?,35-,38+,39-,40+;10-,13-/m01/s1. The maximum absolute atomic E-state index is 15.8. The Morgan fingerprint density at radius 3 is 2.03 bits per heavy atom. The van der Waals surface area contributed by atoms with Crippen molar-refractivity contribution in [2.24, 2.45) is 22.7 Å². The van der Waals surface area contributed by atoms with E-state index in [1.54, 1.807) is 101 Å². The number of hydrogen-bond donors (Lipinski definition) is 2. The van der Waals surface area contributed by atoms with Crippen LogP contribution in [0.2, 0.25) is 13.1 Å². The highest BCUT2D eigenvalue weighted by molar-refractivity contribution is 7.10. The second kappa shape index (κ2) is 19.4. The van der Waals surface area contributed by atoms with E-state index in [1.165, 1.54) is 11.8 Å². The Kier molecular flexibility index (Phi) is 14.2. The average molecular weight is 1010 g/mol. The third-order valence-corrected chi connectivity index (χ3v) is 19.3. The van der Waals surface area contributed by atoms with E-state index < -0.39 is 90.5 Å². The number of amides is 2. The van der Waals surface area contributed by atoms with Crippen molar-refractivity contribution < 1.29 is 62.4 Å². The van der Waals surface area contributed by atoms with Gasteiger partial charge < -0.3 is 33.6 Å². The Morgan fingerprint density at radius 1 is 0.873 bits per heavy atom. The average Bonchev–Trinajstić information content (AvgIpc) is 3.88. The molecule has 3 aromatic carbocycles. The molecule has 4 aromatic rings. The predicted octanol–water partition coefficient (Wildman–Crippen LogP) is 7.29. The highest BCUT2D eigenvalue weighted by Gasteiger charge is 2.78. The summed E-state index contributed by atoms with van der Waals surface area (Å²) in [6.45, 7) is 15.3. The second-order valence-electron chi connectivity index (χ2n) is 20.6. The van der Waals surface area contributed by atoms with Gasteiger partial charge in [0.05, 0.1) is 47.7 Å². The molecule has 3 heterocycles. The van der Waals surface area contributed by atoms with Crippen LogP contribution in [0.4, 0.5) is 0 Å². The largest absolute Gasteiger partial charge is 0.455 e. The minimum absolute atomic E-state index is 0.0397. The van der Waals surface area contributed by atoms with E-state index in [-0.39, 0.29) is 60.8 Å². The molecule has 4 fully saturated rings. The normalized spacial score (nSPS) is 31.7. The number of ether oxygens (including phenoxy) is 4. The van der Waals surface area contributed by atoms with Gasteiger partial charge in [0.25, 0.3) is 5.91 Å². The number of benzene rings is 3. The predicted molar refractivity (Wildman–Crippen MR) is 266 cm³/mol. The van der Waals surface area contributed by atoms with Gasteiger partial charge in [-0.15, -0.1) is 11.3 Å². The molecule has 11 atom stereocenters. The third-order valence-electron chi connectivity index (χ3n) is 15.8. The van der Waals surface area contributed by atoms with Crippen LogP contribution >= 0.6 is 11.3 Å². The van der Waals surface area contributed by atoms with Gasteiger partial charge in [-0.05, 0) is 79.0 Å². The molecular formula is C55H63NO13SSi. The van der Waals surface area contributed by atoms with Gasteiger partial charge in [-0.1, -0.05) is 100 Å². The van der Waals surface area contributed by atoms with Crippen molar-refractivity contribution in [3.05, 3.63) is 136 Å². The van der Waals surface area contributed by atoms with Gasteiger partial charge in [0, 0.05) is 42.0 Å². The quantitative estimate of drug-likeness (QED) is 0.0403. The van der Waals surface area contributed by atoms with E-state index in [9.17, 15) is 34.2 Å². The molecule has 2 bridgehead atoms. The van der Waals surface area contributed by atoms with E-state index in [0.29, 0.717) is 11.1 Å². The van der Waals surface area contributed by atoms with E-state index in [2.05, 4.69) is 0 Å². The summed E-state index contributed by atoms with van der Waals surface area (Å²) in [7, 11) is -2.85. The lowest BCUT2D eigenvalue weighted by Gasteiger charge is -2.68. The van der Waals surface area contributed by atoms with Crippen LogP contribution in [-0.4, -0.2) is 107 Å². The first-order chi connectivity index (χ1) is 33.5. The number of hydrogen-bond acceptors (Lipinski definition) is 14. The molecule has 376 valence electrons. The number of esters is 3. The maximum Gasteiger partial charge on any atom is 0.338 e. The molecule has 71 heavy (non-hydrogen) atoms. The van der Waals surface area contributed by atoms with Crippen LogP contribution in [0.3, 0.4) is 0 Å². The highest BCUT2D eigenvalue weighted by atomic mass is 32.1. The zero-order chi connectivity index (χ0) is 51.4. The van der Waals surface area contributed by atoms with E-state index in [4.69, 9.17) is 23.4 Å². The Labute approximate surface area is 419 Å². The lowest BCUT2D eigenvalue weighted by atomic mass is 9.44. The van der Waals surface area contributed by atoms with Crippen molar-refractivity contribution in [2.45, 2.75) is 129 Å². The molecule has 2 aliphatic heterocycles. The van der Waals surface area contributed by atoms with Crippen molar-refractivity contribution in [3.63, 3.8) is 0 Å². The maximum atomic E-state index is 15.8. The van der Waals surface area contributed by atoms with Crippen molar-refractivity contribution in [3.8, 4) is 0 Å². The van der Waals surface area contributed by atoms with Crippen LogP contribution in [0.25, 0.3) is 0 Å². The fourth-order valence-corrected chi connectivity index (χ4v) is 14.9. The molecule has 0 radical (unpaired) electrons.